The first-order valence-electron chi connectivity index (χ1n) is 4.73. The minimum absolute atomic E-state index is 0. The van der Waals surface area contributed by atoms with Crippen LogP contribution >= 0.6 is 18.5 Å². The quantitative estimate of drug-likeness (QED) is 0.445. The van der Waals surface area contributed by atoms with E-state index in [2.05, 4.69) is 73.8 Å². The summed E-state index contributed by atoms with van der Waals surface area (Å²) in [4.78, 5) is 0. The molecule has 0 fully saturated rings. The van der Waals surface area contributed by atoms with E-state index in [-0.39, 0.29) is 29.4 Å². The Kier molecular flexibility index (Phi) is 13.6. The number of benzene rings is 2. The summed E-state index contributed by atoms with van der Waals surface area (Å²) in [6, 6.07) is 21.2. The summed E-state index contributed by atoms with van der Waals surface area (Å²) in [5.74, 6) is 0. The van der Waals surface area contributed by atoms with E-state index in [9.17, 15) is 0 Å². The topological polar surface area (TPSA) is 0 Å². The predicted octanol–water partition coefficient (Wildman–Crippen LogP) is 2.98. The van der Waals surface area contributed by atoms with Crippen LogP contribution in [0.25, 0.3) is 0 Å². The monoisotopic (exact) mass is 349 g/mol. The molecule has 0 amide bonds. The van der Waals surface area contributed by atoms with Gasteiger partial charge >= 0.3 is 19.5 Å². The zero-order valence-electron chi connectivity index (χ0n) is 9.62. The number of hydrogen-bond donors (Lipinski definition) is 0. The van der Waals surface area contributed by atoms with Crippen molar-refractivity contribution >= 4 is 29.1 Å². The summed E-state index contributed by atoms with van der Waals surface area (Å²) < 4.78 is 0. The molecule has 17 heavy (non-hydrogen) atoms. The van der Waals surface area contributed by atoms with Crippen molar-refractivity contribution in [3.8, 4) is 0 Å². The van der Waals surface area contributed by atoms with E-state index in [1.807, 2.05) is 0 Å². The number of rotatable bonds is 2. The average Bonchev–Trinajstić information content (AvgIpc) is 2.34. The van der Waals surface area contributed by atoms with Crippen LogP contribution < -0.4 is 10.6 Å². The average molecular weight is 348 g/mol. The third-order valence-corrected chi connectivity index (χ3v) is 3.08. The predicted molar refractivity (Wildman–Crippen MR) is 81.5 cm³/mol. The molecule has 0 N–H and O–H groups in total. The van der Waals surface area contributed by atoms with Crippen LogP contribution in [0.15, 0.2) is 67.2 Å². The summed E-state index contributed by atoms with van der Waals surface area (Å²) in [6.07, 6.45) is 0. The first-order valence-corrected chi connectivity index (χ1v) is 5.73. The second-order valence-corrected chi connectivity index (χ2v) is 4.26. The van der Waals surface area contributed by atoms with E-state index in [1.165, 1.54) is 10.6 Å². The Hall–Kier alpha value is -0.337. The largest absolute Gasteiger partial charge is 1.00 e. The maximum Gasteiger partial charge on any atom is 1.00 e. The van der Waals surface area contributed by atoms with Gasteiger partial charge in [-0.25, -0.2) is 0 Å². The van der Waals surface area contributed by atoms with Crippen molar-refractivity contribution in [1.29, 1.82) is 0 Å². The van der Waals surface area contributed by atoms with Gasteiger partial charge in [0.1, 0.15) is 0 Å². The van der Waals surface area contributed by atoms with Crippen LogP contribution in [-0.4, -0.2) is 0 Å². The van der Waals surface area contributed by atoms with Gasteiger partial charge in [0.15, 0.2) is 0 Å². The van der Waals surface area contributed by atoms with Crippen LogP contribution in [0.2, 0.25) is 0 Å². The zero-order valence-corrected chi connectivity index (χ0v) is 13.8. The molecule has 0 aliphatic carbocycles. The van der Waals surface area contributed by atoms with Crippen LogP contribution in [0.5, 0.6) is 0 Å². The van der Waals surface area contributed by atoms with Crippen LogP contribution in [0, 0.1) is 6.58 Å². The van der Waals surface area contributed by atoms with Crippen LogP contribution in [-0.2, 0) is 19.5 Å². The van der Waals surface area contributed by atoms with Gasteiger partial charge in [-0.15, -0.1) is 0 Å². The molecular weight excluding hydrogens is 331 g/mol. The van der Waals surface area contributed by atoms with E-state index in [1.54, 1.807) is 0 Å². The van der Waals surface area contributed by atoms with Gasteiger partial charge in [-0.1, -0.05) is 69.2 Å². The van der Waals surface area contributed by atoms with Gasteiger partial charge < -0.3 is 6.58 Å². The normalized spacial score (nSPS) is 7.76. The fourth-order valence-electron chi connectivity index (χ4n) is 1.21. The van der Waals surface area contributed by atoms with Crippen LogP contribution in [0.4, 0.5) is 0 Å². The third-order valence-electron chi connectivity index (χ3n) is 1.84. The SMILES string of the molecule is P.[CH-]=C.[Ru+].c1ccc(Pc2ccccc2)cc1. The molecule has 3 heteroatoms. The molecule has 1 radical (unpaired) electrons. The molecule has 0 saturated heterocycles. The first-order chi connectivity index (χ1) is 7.45. The summed E-state index contributed by atoms with van der Waals surface area (Å²) in [6.45, 7) is 7.00. The molecule has 1 atom stereocenters. The standard InChI is InChI=1S/C12H11P.C2H3.H3P.Ru/c1-3-7-11(8-4-1)13-12-9-5-2-6-10-12;1-2;;/h1-10,13H;1H,2H2;1H3;/q;-1;;+1. The van der Waals surface area contributed by atoms with Gasteiger partial charge in [-0.2, -0.15) is 9.90 Å². The Morgan fingerprint density at radius 3 is 1.29 bits per heavy atom. The van der Waals surface area contributed by atoms with Gasteiger partial charge in [-0.05, 0) is 10.6 Å². The summed E-state index contributed by atoms with van der Waals surface area (Å²) in [5.41, 5.74) is 0. The van der Waals surface area contributed by atoms with Gasteiger partial charge in [0.05, 0.1) is 0 Å². The van der Waals surface area contributed by atoms with Crippen molar-refractivity contribution in [2.24, 2.45) is 0 Å². The molecule has 2 aromatic rings. The first kappa shape index (κ1) is 19.0. The minimum atomic E-state index is 0. The molecule has 0 nitrogen and oxygen atoms in total. The molecule has 0 saturated carbocycles. The van der Waals surface area contributed by atoms with Crippen molar-refractivity contribution < 1.29 is 19.5 Å². The van der Waals surface area contributed by atoms with E-state index < -0.39 is 0 Å². The molecule has 0 aliphatic heterocycles. The van der Waals surface area contributed by atoms with Gasteiger partial charge in [-0.3, -0.25) is 6.58 Å². The van der Waals surface area contributed by atoms with Crippen LogP contribution in [0.1, 0.15) is 0 Å². The molecule has 0 aromatic heterocycles. The van der Waals surface area contributed by atoms with Gasteiger partial charge in [0.2, 0.25) is 0 Å². The molecule has 91 valence electrons. The van der Waals surface area contributed by atoms with Gasteiger partial charge in [0, 0.05) is 0 Å². The minimum Gasteiger partial charge on any atom is -0.521 e. The van der Waals surface area contributed by atoms with Crippen molar-refractivity contribution in [1.82, 2.24) is 0 Å². The maximum absolute atomic E-state index is 4.25. The molecule has 0 spiro atoms. The molecule has 0 heterocycles. The van der Waals surface area contributed by atoms with Crippen LogP contribution in [0.3, 0.4) is 0 Å². The Balaban J connectivity index is 0. The van der Waals surface area contributed by atoms with E-state index in [0.29, 0.717) is 0 Å². The second-order valence-electron chi connectivity index (χ2n) is 2.86. The Morgan fingerprint density at radius 1 is 0.706 bits per heavy atom. The van der Waals surface area contributed by atoms with Crippen molar-refractivity contribution in [3.63, 3.8) is 0 Å². The number of hydrogen-bond acceptors (Lipinski definition) is 0. The Bertz CT molecular complexity index is 338. The van der Waals surface area contributed by atoms with Crippen molar-refractivity contribution in [2.75, 3.05) is 0 Å². The van der Waals surface area contributed by atoms with E-state index >= 15 is 0 Å². The van der Waals surface area contributed by atoms with Gasteiger partial charge in [0.25, 0.3) is 0 Å². The Morgan fingerprint density at radius 2 is 1.00 bits per heavy atom. The Labute approximate surface area is 122 Å². The summed E-state index contributed by atoms with van der Waals surface area (Å²) in [7, 11) is 0.777. The molecule has 0 bridgehead atoms. The molecule has 2 rings (SSSR count). The second kappa shape index (κ2) is 12.1. The smallest absolute Gasteiger partial charge is 0.521 e. The maximum atomic E-state index is 4.25. The molecule has 0 aliphatic rings. The third kappa shape index (κ3) is 7.56. The summed E-state index contributed by atoms with van der Waals surface area (Å²) in [5, 5.41) is 2.79. The zero-order chi connectivity index (χ0) is 10.9. The van der Waals surface area contributed by atoms with Crippen molar-refractivity contribution in [3.05, 3.63) is 73.8 Å². The fourth-order valence-corrected chi connectivity index (χ4v) is 2.26. The molecule has 1 unspecified atom stereocenters. The van der Waals surface area contributed by atoms with Crippen molar-refractivity contribution in [2.45, 2.75) is 0 Å². The fraction of sp³-hybridized carbons (Fsp3) is 0. The summed E-state index contributed by atoms with van der Waals surface area (Å²) >= 11 is 0. The molecule has 2 aromatic carbocycles. The van der Waals surface area contributed by atoms with E-state index in [4.69, 9.17) is 0 Å². The molecular formula is C14H17P2Ru. The van der Waals surface area contributed by atoms with E-state index in [0.717, 1.165) is 8.58 Å².